The van der Waals surface area contributed by atoms with E-state index in [0.717, 1.165) is 22.4 Å². The molecule has 0 bridgehead atoms. The van der Waals surface area contributed by atoms with Gasteiger partial charge in [0.25, 0.3) is 5.91 Å². The lowest BCUT2D eigenvalue weighted by atomic mass is 10.0. The molecule has 0 aliphatic heterocycles. The average Bonchev–Trinajstić information content (AvgIpc) is 2.36. The molecule has 0 radical (unpaired) electrons. The van der Waals surface area contributed by atoms with E-state index in [9.17, 15) is 4.79 Å². The van der Waals surface area contributed by atoms with Crippen LogP contribution in [0.15, 0.2) is 18.2 Å². The first kappa shape index (κ1) is 14.3. The summed E-state index contributed by atoms with van der Waals surface area (Å²) in [5.74, 6) is 0.620. The Hall–Kier alpha value is -1.81. The third-order valence-corrected chi connectivity index (χ3v) is 2.78. The van der Waals surface area contributed by atoms with Gasteiger partial charge in [-0.2, -0.15) is 0 Å². The van der Waals surface area contributed by atoms with Crippen molar-refractivity contribution in [1.29, 1.82) is 0 Å². The quantitative estimate of drug-likeness (QED) is 0.607. The summed E-state index contributed by atoms with van der Waals surface area (Å²) in [7, 11) is 4.66. The topological polar surface area (TPSA) is 38.8 Å². The highest BCUT2D eigenvalue weighted by Crippen LogP contribution is 2.22. The van der Waals surface area contributed by atoms with E-state index in [1.165, 1.54) is 18.2 Å². The van der Waals surface area contributed by atoms with Crippen LogP contribution in [0.1, 0.15) is 16.7 Å². The highest BCUT2D eigenvalue weighted by atomic mass is 16.7. The van der Waals surface area contributed by atoms with E-state index in [1.54, 1.807) is 20.2 Å². The fraction of sp³-hybridized carbons (Fsp3) is 0.357. The molecule has 0 atom stereocenters. The molecule has 0 unspecified atom stereocenters. The second-order valence-electron chi connectivity index (χ2n) is 4.03. The third-order valence-electron chi connectivity index (χ3n) is 2.78. The van der Waals surface area contributed by atoms with Gasteiger partial charge in [-0.1, -0.05) is 0 Å². The molecular weight excluding hydrogens is 230 g/mol. The molecule has 4 heteroatoms. The molecular formula is C14H19NO3. The summed E-state index contributed by atoms with van der Waals surface area (Å²) in [6, 6.07) is 3.88. The van der Waals surface area contributed by atoms with E-state index in [0.29, 0.717) is 0 Å². The average molecular weight is 249 g/mol. The van der Waals surface area contributed by atoms with E-state index >= 15 is 0 Å². The lowest BCUT2D eigenvalue weighted by molar-refractivity contribution is -0.162. The van der Waals surface area contributed by atoms with E-state index in [1.807, 2.05) is 26.0 Å². The maximum Gasteiger partial charge on any atom is 0.269 e. The van der Waals surface area contributed by atoms with Crippen molar-refractivity contribution in [3.8, 4) is 5.75 Å². The Morgan fingerprint density at radius 2 is 1.78 bits per heavy atom. The summed E-state index contributed by atoms with van der Waals surface area (Å²) in [4.78, 5) is 16.4. The van der Waals surface area contributed by atoms with Gasteiger partial charge in [-0.15, -0.1) is 0 Å². The van der Waals surface area contributed by atoms with E-state index in [4.69, 9.17) is 9.57 Å². The van der Waals surface area contributed by atoms with Gasteiger partial charge < -0.3 is 4.74 Å². The number of rotatable bonds is 4. The Bertz CT molecular complexity index is 443. The first-order chi connectivity index (χ1) is 8.49. The van der Waals surface area contributed by atoms with Gasteiger partial charge in [0.1, 0.15) is 5.75 Å². The number of nitrogens with zero attached hydrogens (tertiary/aromatic N) is 1. The Labute approximate surface area is 108 Å². The van der Waals surface area contributed by atoms with Gasteiger partial charge in [-0.05, 0) is 48.7 Å². The molecule has 0 saturated carbocycles. The second-order valence-corrected chi connectivity index (χ2v) is 4.03. The highest BCUT2D eigenvalue weighted by molar-refractivity contribution is 5.91. The molecule has 4 nitrogen and oxygen atoms in total. The van der Waals surface area contributed by atoms with Crippen LogP contribution in [0.5, 0.6) is 5.75 Å². The number of likely N-dealkylation sites (N-methyl/N-ethyl adjacent to an activating group) is 1. The number of hydrogen-bond donors (Lipinski definition) is 0. The molecule has 1 aromatic rings. The first-order valence-corrected chi connectivity index (χ1v) is 5.64. The molecule has 1 aromatic carbocycles. The molecule has 1 rings (SSSR count). The maximum absolute atomic E-state index is 11.6. The van der Waals surface area contributed by atoms with E-state index in [-0.39, 0.29) is 5.91 Å². The summed E-state index contributed by atoms with van der Waals surface area (Å²) in [6.45, 7) is 3.97. The lowest BCUT2D eigenvalue weighted by Crippen LogP contribution is -2.22. The number of hydroxylamine groups is 2. The molecule has 0 fully saturated rings. The second kappa shape index (κ2) is 6.21. The van der Waals surface area contributed by atoms with Crippen LogP contribution in [-0.4, -0.2) is 32.2 Å². The fourth-order valence-corrected chi connectivity index (χ4v) is 1.67. The number of methoxy groups -OCH3 is 1. The van der Waals surface area contributed by atoms with Crippen LogP contribution < -0.4 is 4.74 Å². The third kappa shape index (κ3) is 3.34. The number of aryl methyl sites for hydroxylation is 2. The van der Waals surface area contributed by atoms with Crippen molar-refractivity contribution < 1.29 is 14.4 Å². The van der Waals surface area contributed by atoms with Crippen LogP contribution in [0.3, 0.4) is 0 Å². The number of ether oxygens (including phenoxy) is 1. The van der Waals surface area contributed by atoms with Crippen LogP contribution >= 0.6 is 0 Å². The van der Waals surface area contributed by atoms with Crippen molar-refractivity contribution in [2.24, 2.45) is 0 Å². The van der Waals surface area contributed by atoms with Gasteiger partial charge in [0, 0.05) is 13.1 Å². The molecule has 0 aromatic heterocycles. The zero-order chi connectivity index (χ0) is 13.7. The van der Waals surface area contributed by atoms with E-state index < -0.39 is 0 Å². The molecule has 0 spiro atoms. The van der Waals surface area contributed by atoms with Crippen molar-refractivity contribution in [3.63, 3.8) is 0 Å². The number of carbonyl (C=O) groups is 1. The summed E-state index contributed by atoms with van der Waals surface area (Å²) in [5.41, 5.74) is 3.15. The molecule has 0 N–H and O–H groups in total. The summed E-state index contributed by atoms with van der Waals surface area (Å²) >= 11 is 0. The molecule has 0 aliphatic carbocycles. The maximum atomic E-state index is 11.6. The van der Waals surface area contributed by atoms with Crippen LogP contribution in [0, 0.1) is 13.8 Å². The van der Waals surface area contributed by atoms with Gasteiger partial charge in [0.05, 0.1) is 14.2 Å². The highest BCUT2D eigenvalue weighted by Gasteiger charge is 2.05. The fourth-order valence-electron chi connectivity index (χ4n) is 1.67. The van der Waals surface area contributed by atoms with Gasteiger partial charge in [-0.25, -0.2) is 5.06 Å². The smallest absolute Gasteiger partial charge is 0.269 e. The summed E-state index contributed by atoms with van der Waals surface area (Å²) in [5, 5.41) is 1.17. The van der Waals surface area contributed by atoms with Crippen LogP contribution in [0.4, 0.5) is 0 Å². The molecule has 0 saturated heterocycles. The molecule has 98 valence electrons. The summed E-state index contributed by atoms with van der Waals surface area (Å²) < 4.78 is 5.19. The number of benzene rings is 1. The number of hydrogen-bond acceptors (Lipinski definition) is 3. The van der Waals surface area contributed by atoms with Crippen molar-refractivity contribution in [2.75, 3.05) is 21.3 Å². The van der Waals surface area contributed by atoms with Crippen molar-refractivity contribution >= 4 is 12.0 Å². The van der Waals surface area contributed by atoms with Crippen LogP contribution in [-0.2, 0) is 9.63 Å². The Balaban J connectivity index is 2.98. The standard InChI is InChI=1S/C14H19NO3/c1-10-8-12(17-4)9-11(2)13(10)6-7-14(16)15(3)18-5/h6-9H,1-5H3/b7-6+. The Kier molecular flexibility index (Phi) is 4.92. The monoisotopic (exact) mass is 249 g/mol. The molecule has 0 aliphatic rings. The minimum atomic E-state index is -0.202. The molecule has 1 amide bonds. The molecule has 18 heavy (non-hydrogen) atoms. The Morgan fingerprint density at radius 3 is 2.22 bits per heavy atom. The minimum Gasteiger partial charge on any atom is -0.497 e. The normalized spacial score (nSPS) is 10.7. The van der Waals surface area contributed by atoms with Gasteiger partial charge in [0.15, 0.2) is 0 Å². The summed E-state index contributed by atoms with van der Waals surface area (Å²) in [6.07, 6.45) is 3.28. The zero-order valence-electron chi connectivity index (χ0n) is 11.5. The first-order valence-electron chi connectivity index (χ1n) is 5.64. The predicted octanol–water partition coefficient (Wildman–Crippen LogP) is 2.35. The van der Waals surface area contributed by atoms with Crippen molar-refractivity contribution in [2.45, 2.75) is 13.8 Å². The number of amides is 1. The molecule has 0 heterocycles. The largest absolute Gasteiger partial charge is 0.497 e. The zero-order valence-corrected chi connectivity index (χ0v) is 11.5. The number of carbonyl (C=O) groups excluding carboxylic acids is 1. The van der Waals surface area contributed by atoms with Crippen LogP contribution in [0.2, 0.25) is 0 Å². The minimum absolute atomic E-state index is 0.202. The SMILES string of the molecule is COc1cc(C)c(/C=C/C(=O)N(C)OC)c(C)c1. The predicted molar refractivity (Wildman–Crippen MR) is 71.3 cm³/mol. The van der Waals surface area contributed by atoms with E-state index in [2.05, 4.69) is 0 Å². The van der Waals surface area contributed by atoms with Gasteiger partial charge in [-0.3, -0.25) is 9.63 Å². The van der Waals surface area contributed by atoms with Crippen molar-refractivity contribution in [1.82, 2.24) is 5.06 Å². The van der Waals surface area contributed by atoms with Gasteiger partial charge >= 0.3 is 0 Å². The van der Waals surface area contributed by atoms with Crippen molar-refractivity contribution in [3.05, 3.63) is 34.9 Å². The Morgan fingerprint density at radius 1 is 1.22 bits per heavy atom. The van der Waals surface area contributed by atoms with Gasteiger partial charge in [0.2, 0.25) is 0 Å². The lowest BCUT2D eigenvalue weighted by Gasteiger charge is -2.11. The van der Waals surface area contributed by atoms with Crippen LogP contribution in [0.25, 0.3) is 6.08 Å².